The monoisotopic (exact) mass is 148 g/mol. The molecule has 1 heterocycles. The van der Waals surface area contributed by atoms with Crippen LogP contribution in [0.2, 0.25) is 0 Å². The summed E-state index contributed by atoms with van der Waals surface area (Å²) in [5.74, 6) is 3.99. The van der Waals surface area contributed by atoms with Gasteiger partial charge in [-0.05, 0) is 18.1 Å². The van der Waals surface area contributed by atoms with Crippen LogP contribution in [0.4, 0.5) is 0 Å². The third-order valence-corrected chi connectivity index (χ3v) is 1.49. The lowest BCUT2D eigenvalue weighted by molar-refractivity contribution is 0.404. The van der Waals surface area contributed by atoms with Gasteiger partial charge in [0.25, 0.3) is 0 Å². The Labute approximate surface area is 67.4 Å². The maximum atomic E-state index is 5.36. The lowest BCUT2D eigenvalue weighted by Gasteiger charge is -2.13. The molecule has 0 bridgehead atoms. The molecule has 0 amide bonds. The summed E-state index contributed by atoms with van der Waals surface area (Å²) in [5, 5.41) is 0. The van der Waals surface area contributed by atoms with E-state index in [0.29, 0.717) is 5.76 Å². The van der Waals surface area contributed by atoms with E-state index in [1.807, 2.05) is 12.1 Å². The second-order valence-electron chi connectivity index (χ2n) is 3.56. The molecule has 0 aliphatic heterocycles. The zero-order valence-electron chi connectivity index (χ0n) is 7.14. The van der Waals surface area contributed by atoms with Gasteiger partial charge in [0.2, 0.25) is 0 Å². The molecule has 1 aromatic rings. The maximum Gasteiger partial charge on any atom is 0.176 e. The molecule has 0 aromatic carbocycles. The molecule has 0 saturated heterocycles. The van der Waals surface area contributed by atoms with E-state index in [0.717, 1.165) is 5.76 Å². The van der Waals surface area contributed by atoms with Crippen molar-refractivity contribution in [3.63, 3.8) is 0 Å². The molecule has 0 unspecified atom stereocenters. The van der Waals surface area contributed by atoms with Crippen molar-refractivity contribution in [1.29, 1.82) is 0 Å². The first-order valence-corrected chi connectivity index (χ1v) is 3.61. The summed E-state index contributed by atoms with van der Waals surface area (Å²) in [7, 11) is 0. The highest BCUT2D eigenvalue weighted by Gasteiger charge is 2.17. The van der Waals surface area contributed by atoms with E-state index in [1.165, 1.54) is 0 Å². The fraction of sp³-hybridized carbons (Fsp3) is 0.400. The van der Waals surface area contributed by atoms with Gasteiger partial charge in [0.05, 0.1) is 0 Å². The summed E-state index contributed by atoms with van der Waals surface area (Å²) < 4.78 is 5.36. The maximum absolute atomic E-state index is 5.36. The topological polar surface area (TPSA) is 13.1 Å². The summed E-state index contributed by atoms with van der Waals surface area (Å²) >= 11 is 0. The van der Waals surface area contributed by atoms with Crippen LogP contribution in [-0.2, 0) is 5.41 Å². The zero-order chi connectivity index (χ0) is 8.48. The number of furan rings is 1. The molecule has 0 aliphatic carbocycles. The Bertz CT molecular complexity index is 281. The van der Waals surface area contributed by atoms with Gasteiger partial charge in [0, 0.05) is 5.41 Å². The normalized spacial score (nSPS) is 11.1. The summed E-state index contributed by atoms with van der Waals surface area (Å²) in [6.45, 7) is 6.27. The Morgan fingerprint density at radius 1 is 1.36 bits per heavy atom. The highest BCUT2D eigenvalue weighted by Crippen LogP contribution is 2.23. The van der Waals surface area contributed by atoms with Crippen molar-refractivity contribution in [3.05, 3.63) is 23.7 Å². The standard InChI is InChI=1S/C10H12O/c1-5-8-6-7-9(11-8)10(2,3)4/h1,6-7H,2-4H3. The zero-order valence-corrected chi connectivity index (χ0v) is 7.14. The average Bonchev–Trinajstić information content (AvgIpc) is 2.32. The minimum absolute atomic E-state index is 0.0507. The summed E-state index contributed by atoms with van der Waals surface area (Å²) in [5.41, 5.74) is 0.0507. The van der Waals surface area contributed by atoms with Gasteiger partial charge in [-0.3, -0.25) is 0 Å². The summed E-state index contributed by atoms with van der Waals surface area (Å²) in [4.78, 5) is 0. The van der Waals surface area contributed by atoms with Crippen LogP contribution in [0.3, 0.4) is 0 Å². The van der Waals surface area contributed by atoms with Crippen LogP contribution in [0.15, 0.2) is 16.5 Å². The first-order valence-electron chi connectivity index (χ1n) is 3.61. The minimum Gasteiger partial charge on any atom is -0.452 e. The van der Waals surface area contributed by atoms with E-state index in [2.05, 4.69) is 26.7 Å². The first-order chi connectivity index (χ1) is 5.04. The molecule has 0 fully saturated rings. The lowest BCUT2D eigenvalue weighted by atomic mass is 9.94. The fourth-order valence-electron chi connectivity index (χ4n) is 0.819. The fourth-order valence-corrected chi connectivity index (χ4v) is 0.819. The molecular weight excluding hydrogens is 136 g/mol. The second-order valence-corrected chi connectivity index (χ2v) is 3.56. The van der Waals surface area contributed by atoms with Crippen LogP contribution in [0.25, 0.3) is 0 Å². The highest BCUT2D eigenvalue weighted by atomic mass is 16.3. The minimum atomic E-state index is 0.0507. The predicted octanol–water partition coefficient (Wildman–Crippen LogP) is 2.56. The van der Waals surface area contributed by atoms with Gasteiger partial charge in [-0.1, -0.05) is 20.8 Å². The number of terminal acetylenes is 1. The Morgan fingerprint density at radius 3 is 2.27 bits per heavy atom. The Balaban J connectivity index is 3.01. The van der Waals surface area contributed by atoms with E-state index in [-0.39, 0.29) is 5.41 Å². The van der Waals surface area contributed by atoms with Crippen molar-refractivity contribution in [2.24, 2.45) is 0 Å². The second kappa shape index (κ2) is 2.47. The van der Waals surface area contributed by atoms with Crippen molar-refractivity contribution >= 4 is 0 Å². The van der Waals surface area contributed by atoms with E-state index in [1.54, 1.807) is 0 Å². The van der Waals surface area contributed by atoms with Gasteiger partial charge in [-0.2, -0.15) is 0 Å². The molecule has 0 spiro atoms. The van der Waals surface area contributed by atoms with Gasteiger partial charge in [0.1, 0.15) is 5.76 Å². The molecular formula is C10H12O. The SMILES string of the molecule is C#Cc1ccc(C(C)(C)C)o1. The molecule has 1 nitrogen and oxygen atoms in total. The van der Waals surface area contributed by atoms with Crippen LogP contribution in [0.1, 0.15) is 32.3 Å². The van der Waals surface area contributed by atoms with E-state index < -0.39 is 0 Å². The van der Waals surface area contributed by atoms with Crippen molar-refractivity contribution < 1.29 is 4.42 Å². The molecule has 1 aromatic heterocycles. The molecule has 0 N–H and O–H groups in total. The molecule has 0 radical (unpaired) electrons. The van der Waals surface area contributed by atoms with Crippen LogP contribution in [0, 0.1) is 12.3 Å². The van der Waals surface area contributed by atoms with Gasteiger partial charge in [-0.25, -0.2) is 0 Å². The van der Waals surface area contributed by atoms with Crippen LogP contribution < -0.4 is 0 Å². The Kier molecular flexibility index (Phi) is 1.78. The van der Waals surface area contributed by atoms with Gasteiger partial charge >= 0.3 is 0 Å². The van der Waals surface area contributed by atoms with E-state index in [4.69, 9.17) is 10.8 Å². The number of rotatable bonds is 0. The third kappa shape index (κ3) is 1.65. The van der Waals surface area contributed by atoms with Crippen LogP contribution in [0.5, 0.6) is 0 Å². The lowest BCUT2D eigenvalue weighted by Crippen LogP contribution is -2.08. The third-order valence-electron chi connectivity index (χ3n) is 1.49. The van der Waals surface area contributed by atoms with Crippen LogP contribution >= 0.6 is 0 Å². The van der Waals surface area contributed by atoms with Gasteiger partial charge < -0.3 is 4.42 Å². The highest BCUT2D eigenvalue weighted by molar-refractivity contribution is 5.25. The van der Waals surface area contributed by atoms with Crippen LogP contribution in [-0.4, -0.2) is 0 Å². The molecule has 0 aliphatic rings. The molecule has 0 atom stereocenters. The van der Waals surface area contributed by atoms with Crippen molar-refractivity contribution in [2.45, 2.75) is 26.2 Å². The Hall–Kier alpha value is -1.16. The summed E-state index contributed by atoms with van der Waals surface area (Å²) in [6, 6.07) is 3.75. The average molecular weight is 148 g/mol. The largest absolute Gasteiger partial charge is 0.452 e. The molecule has 1 heteroatoms. The van der Waals surface area contributed by atoms with Gasteiger partial charge in [0.15, 0.2) is 5.76 Å². The van der Waals surface area contributed by atoms with E-state index in [9.17, 15) is 0 Å². The van der Waals surface area contributed by atoms with Crippen molar-refractivity contribution in [3.8, 4) is 12.3 Å². The summed E-state index contributed by atoms with van der Waals surface area (Å²) in [6.07, 6.45) is 5.16. The number of hydrogen-bond acceptors (Lipinski definition) is 1. The number of hydrogen-bond donors (Lipinski definition) is 0. The van der Waals surface area contributed by atoms with Crippen molar-refractivity contribution in [1.82, 2.24) is 0 Å². The molecule has 58 valence electrons. The van der Waals surface area contributed by atoms with Crippen molar-refractivity contribution in [2.75, 3.05) is 0 Å². The Morgan fingerprint density at radius 2 is 2.00 bits per heavy atom. The predicted molar refractivity (Wildman–Crippen MR) is 45.3 cm³/mol. The van der Waals surface area contributed by atoms with Gasteiger partial charge in [-0.15, -0.1) is 6.42 Å². The first kappa shape index (κ1) is 7.94. The molecule has 11 heavy (non-hydrogen) atoms. The molecule has 1 rings (SSSR count). The van der Waals surface area contributed by atoms with E-state index >= 15 is 0 Å². The molecule has 0 saturated carbocycles. The quantitative estimate of drug-likeness (QED) is 0.515. The smallest absolute Gasteiger partial charge is 0.176 e.